The summed E-state index contributed by atoms with van der Waals surface area (Å²) in [5.74, 6) is 0.859. The molecular weight excluding hydrogens is 236 g/mol. The normalized spacial score (nSPS) is 10.6. The number of ether oxygens (including phenoxy) is 1. The topological polar surface area (TPSA) is 48.1 Å². The molecule has 1 heterocycles. The van der Waals surface area contributed by atoms with Crippen molar-refractivity contribution < 1.29 is 4.74 Å². The zero-order chi connectivity index (χ0) is 13.2. The summed E-state index contributed by atoms with van der Waals surface area (Å²) in [4.78, 5) is 4.34. The molecule has 0 atom stereocenters. The van der Waals surface area contributed by atoms with Crippen LogP contribution in [0.5, 0.6) is 5.75 Å². The molecule has 3 heteroatoms. The van der Waals surface area contributed by atoms with E-state index in [-0.39, 0.29) is 0 Å². The van der Waals surface area contributed by atoms with Gasteiger partial charge < -0.3 is 10.5 Å². The Morgan fingerprint density at radius 2 is 1.79 bits per heavy atom. The molecule has 0 aliphatic carbocycles. The van der Waals surface area contributed by atoms with E-state index in [9.17, 15) is 0 Å². The lowest BCUT2D eigenvalue weighted by Crippen LogP contribution is -1.92. The molecule has 0 spiro atoms. The molecule has 94 valence electrons. The molecule has 0 amide bonds. The van der Waals surface area contributed by atoms with E-state index in [1.165, 1.54) is 0 Å². The molecule has 0 aliphatic heterocycles. The van der Waals surface area contributed by atoms with Crippen LogP contribution in [0.1, 0.15) is 0 Å². The Kier molecular flexibility index (Phi) is 2.80. The maximum absolute atomic E-state index is 5.96. The summed E-state index contributed by atoms with van der Waals surface area (Å²) in [5, 5.41) is 2.28. The van der Waals surface area contributed by atoms with Crippen molar-refractivity contribution in [2.24, 2.45) is 0 Å². The van der Waals surface area contributed by atoms with Gasteiger partial charge in [-0.3, -0.25) is 4.98 Å². The molecule has 3 aromatic rings. The van der Waals surface area contributed by atoms with Gasteiger partial charge >= 0.3 is 0 Å². The molecular formula is C16H14N2O. The second kappa shape index (κ2) is 4.61. The number of fused-ring (bicyclic) bond motifs is 1. The standard InChI is InChI=1S/C16H14N2O/c1-19-14-7-6-11-9-13(5-4-12(11)10-14)16-15(17)3-2-8-18-16/h2-10H,17H2,1H3. The molecule has 0 radical (unpaired) electrons. The molecule has 0 unspecified atom stereocenters. The summed E-state index contributed by atoms with van der Waals surface area (Å²) in [6.45, 7) is 0. The van der Waals surface area contributed by atoms with Crippen LogP contribution in [-0.2, 0) is 0 Å². The number of nitrogens with zero attached hydrogens (tertiary/aromatic N) is 1. The quantitative estimate of drug-likeness (QED) is 0.757. The van der Waals surface area contributed by atoms with Crippen molar-refractivity contribution in [3.63, 3.8) is 0 Å². The summed E-state index contributed by atoms with van der Waals surface area (Å²) in [5.41, 5.74) is 8.49. The lowest BCUT2D eigenvalue weighted by atomic mass is 10.0. The zero-order valence-corrected chi connectivity index (χ0v) is 10.6. The largest absolute Gasteiger partial charge is 0.497 e. The monoisotopic (exact) mass is 250 g/mol. The van der Waals surface area contributed by atoms with Crippen LogP contribution in [0.2, 0.25) is 0 Å². The van der Waals surface area contributed by atoms with Gasteiger partial charge in [-0.05, 0) is 41.1 Å². The molecule has 19 heavy (non-hydrogen) atoms. The Morgan fingerprint density at radius 3 is 2.58 bits per heavy atom. The third kappa shape index (κ3) is 2.10. The van der Waals surface area contributed by atoms with Crippen LogP contribution in [0, 0.1) is 0 Å². The molecule has 0 saturated carbocycles. The highest BCUT2D eigenvalue weighted by atomic mass is 16.5. The summed E-state index contributed by atoms with van der Waals surface area (Å²) in [6, 6.07) is 15.9. The molecule has 0 bridgehead atoms. The lowest BCUT2D eigenvalue weighted by molar-refractivity contribution is 0.415. The number of anilines is 1. The van der Waals surface area contributed by atoms with Crippen molar-refractivity contribution in [1.82, 2.24) is 4.98 Å². The first-order valence-corrected chi connectivity index (χ1v) is 6.06. The molecule has 3 rings (SSSR count). The Balaban J connectivity index is 2.15. The number of pyridine rings is 1. The summed E-state index contributed by atoms with van der Waals surface area (Å²) in [6.07, 6.45) is 1.75. The van der Waals surface area contributed by atoms with Crippen molar-refractivity contribution in [3.8, 4) is 17.0 Å². The molecule has 2 aromatic carbocycles. The minimum absolute atomic E-state index is 0.690. The minimum atomic E-state index is 0.690. The maximum atomic E-state index is 5.96. The van der Waals surface area contributed by atoms with E-state index in [0.29, 0.717) is 5.69 Å². The van der Waals surface area contributed by atoms with E-state index in [0.717, 1.165) is 27.8 Å². The fraction of sp³-hybridized carbons (Fsp3) is 0.0625. The zero-order valence-electron chi connectivity index (χ0n) is 10.6. The van der Waals surface area contributed by atoms with E-state index in [1.54, 1.807) is 13.3 Å². The first-order valence-electron chi connectivity index (χ1n) is 6.06. The predicted octanol–water partition coefficient (Wildman–Crippen LogP) is 3.49. The van der Waals surface area contributed by atoms with Gasteiger partial charge in [-0.25, -0.2) is 0 Å². The van der Waals surface area contributed by atoms with Crippen LogP contribution in [-0.4, -0.2) is 12.1 Å². The van der Waals surface area contributed by atoms with Crippen molar-refractivity contribution >= 4 is 16.5 Å². The highest BCUT2D eigenvalue weighted by molar-refractivity contribution is 5.89. The van der Waals surface area contributed by atoms with E-state index in [2.05, 4.69) is 17.1 Å². The third-order valence-corrected chi connectivity index (χ3v) is 3.16. The van der Waals surface area contributed by atoms with Crippen molar-refractivity contribution in [3.05, 3.63) is 54.7 Å². The second-order valence-corrected chi connectivity index (χ2v) is 4.37. The SMILES string of the molecule is COc1ccc2cc(-c3ncccc3N)ccc2c1. The summed E-state index contributed by atoms with van der Waals surface area (Å²) < 4.78 is 5.22. The smallest absolute Gasteiger partial charge is 0.119 e. The van der Waals surface area contributed by atoms with Crippen molar-refractivity contribution in [1.29, 1.82) is 0 Å². The van der Waals surface area contributed by atoms with Gasteiger partial charge in [0.15, 0.2) is 0 Å². The van der Waals surface area contributed by atoms with Crippen LogP contribution >= 0.6 is 0 Å². The van der Waals surface area contributed by atoms with Crippen molar-refractivity contribution in [2.75, 3.05) is 12.8 Å². The Labute approximate surface area is 111 Å². The Bertz CT molecular complexity index is 738. The minimum Gasteiger partial charge on any atom is -0.497 e. The van der Waals surface area contributed by atoms with E-state index in [4.69, 9.17) is 10.5 Å². The van der Waals surface area contributed by atoms with Gasteiger partial charge in [0, 0.05) is 11.8 Å². The Morgan fingerprint density at radius 1 is 1.00 bits per heavy atom. The highest BCUT2D eigenvalue weighted by Gasteiger charge is 2.05. The third-order valence-electron chi connectivity index (χ3n) is 3.16. The number of rotatable bonds is 2. The molecule has 2 N–H and O–H groups in total. The first kappa shape index (κ1) is 11.5. The average molecular weight is 250 g/mol. The van der Waals surface area contributed by atoms with Gasteiger partial charge in [0.2, 0.25) is 0 Å². The summed E-state index contributed by atoms with van der Waals surface area (Å²) >= 11 is 0. The van der Waals surface area contributed by atoms with Gasteiger partial charge in [-0.1, -0.05) is 18.2 Å². The first-order chi connectivity index (χ1) is 9.28. The fourth-order valence-corrected chi connectivity index (χ4v) is 2.16. The number of methoxy groups -OCH3 is 1. The molecule has 0 aliphatic rings. The van der Waals surface area contributed by atoms with Crippen LogP contribution in [0.3, 0.4) is 0 Å². The molecule has 1 aromatic heterocycles. The van der Waals surface area contributed by atoms with E-state index < -0.39 is 0 Å². The maximum Gasteiger partial charge on any atom is 0.119 e. The van der Waals surface area contributed by atoms with Gasteiger partial charge in [-0.2, -0.15) is 0 Å². The van der Waals surface area contributed by atoms with E-state index >= 15 is 0 Å². The van der Waals surface area contributed by atoms with Gasteiger partial charge in [0.1, 0.15) is 5.75 Å². The number of aromatic nitrogens is 1. The lowest BCUT2D eigenvalue weighted by Gasteiger charge is -2.07. The van der Waals surface area contributed by atoms with Crippen LogP contribution in [0.4, 0.5) is 5.69 Å². The fourth-order valence-electron chi connectivity index (χ4n) is 2.16. The Hall–Kier alpha value is -2.55. The number of nitrogens with two attached hydrogens (primary N) is 1. The predicted molar refractivity (Wildman–Crippen MR) is 78.1 cm³/mol. The van der Waals surface area contributed by atoms with Crippen molar-refractivity contribution in [2.45, 2.75) is 0 Å². The molecule has 0 fully saturated rings. The number of benzene rings is 2. The van der Waals surface area contributed by atoms with Gasteiger partial charge in [-0.15, -0.1) is 0 Å². The van der Waals surface area contributed by atoms with Crippen LogP contribution in [0.25, 0.3) is 22.0 Å². The van der Waals surface area contributed by atoms with Crippen LogP contribution in [0.15, 0.2) is 54.7 Å². The number of hydrogen-bond donors (Lipinski definition) is 1. The van der Waals surface area contributed by atoms with Gasteiger partial charge in [0.25, 0.3) is 0 Å². The van der Waals surface area contributed by atoms with Gasteiger partial charge in [0.05, 0.1) is 18.5 Å². The summed E-state index contributed by atoms with van der Waals surface area (Å²) in [7, 11) is 1.67. The second-order valence-electron chi connectivity index (χ2n) is 4.37. The number of hydrogen-bond acceptors (Lipinski definition) is 3. The van der Waals surface area contributed by atoms with Crippen LogP contribution < -0.4 is 10.5 Å². The highest BCUT2D eigenvalue weighted by Crippen LogP contribution is 2.28. The molecule has 3 nitrogen and oxygen atoms in total. The average Bonchev–Trinajstić information content (AvgIpc) is 2.46. The molecule has 0 saturated heterocycles. The number of nitrogen functional groups attached to an aromatic ring is 1. The van der Waals surface area contributed by atoms with E-state index in [1.807, 2.05) is 36.4 Å².